The quantitative estimate of drug-likeness (QED) is 0.562. The predicted molar refractivity (Wildman–Crippen MR) is 125 cm³/mol. The number of H-pyrrole nitrogens is 1. The van der Waals surface area contributed by atoms with E-state index >= 15 is 0 Å². The van der Waals surface area contributed by atoms with E-state index in [4.69, 9.17) is 11.6 Å². The van der Waals surface area contributed by atoms with Crippen molar-refractivity contribution in [3.63, 3.8) is 0 Å². The number of hydrogen-bond acceptors (Lipinski definition) is 5. The second kappa shape index (κ2) is 9.14. The van der Waals surface area contributed by atoms with E-state index in [1.165, 1.54) is 0 Å². The first kappa shape index (κ1) is 23.6. The van der Waals surface area contributed by atoms with Gasteiger partial charge in [0, 0.05) is 43.2 Å². The maximum Gasteiger partial charge on any atom is 0.417 e. The molecule has 0 aliphatic carbocycles. The number of carbonyl (C=O) groups is 1. The number of halogens is 4. The Morgan fingerprint density at radius 1 is 1.14 bits per heavy atom. The Hall–Kier alpha value is -3.14. The smallest absolute Gasteiger partial charge is 0.351 e. The topological polar surface area (TPSA) is 82.2 Å². The van der Waals surface area contributed by atoms with Crippen molar-refractivity contribution >= 4 is 34.1 Å². The predicted octanol–water partition coefficient (Wildman–Crippen LogP) is 4.19. The number of carbonyl (C=O) groups excluding carboxylic acids is 1. The molecular formula is C24H23ClF3N5O2. The third-order valence-electron chi connectivity index (χ3n) is 6.80. The number of aromatic amines is 1. The highest BCUT2D eigenvalue weighted by Gasteiger charge is 2.43. The molecule has 2 bridgehead atoms. The Kier molecular flexibility index (Phi) is 6.16. The van der Waals surface area contributed by atoms with Crippen LogP contribution in [0.3, 0.4) is 0 Å². The molecule has 2 aliphatic heterocycles. The van der Waals surface area contributed by atoms with Gasteiger partial charge < -0.3 is 9.80 Å². The standard InChI is InChI=1S/C24H23ClF3N5O2/c25-19-10-14(24(26,27)28)11-29-22(19)32-12-15-8-9-16(13-32)33(15)21(34)7-3-6-20-17-4-1-2-5-18(17)23(35)31-30-20/h1-2,4-5,10-11,15-16H,3,6-9,12-13H2,(H,31,35). The first-order chi connectivity index (χ1) is 16.7. The number of benzene rings is 1. The van der Waals surface area contributed by atoms with E-state index in [-0.39, 0.29) is 28.6 Å². The van der Waals surface area contributed by atoms with Crippen molar-refractivity contribution < 1.29 is 18.0 Å². The minimum absolute atomic E-state index is 0.0338. The van der Waals surface area contributed by atoms with Crippen LogP contribution in [0.5, 0.6) is 0 Å². The fourth-order valence-electron chi connectivity index (χ4n) is 5.20. The molecule has 2 aliphatic rings. The molecule has 4 heterocycles. The van der Waals surface area contributed by atoms with E-state index in [2.05, 4.69) is 15.2 Å². The van der Waals surface area contributed by atoms with Gasteiger partial charge >= 0.3 is 6.18 Å². The zero-order chi connectivity index (χ0) is 24.7. The molecule has 1 amide bonds. The largest absolute Gasteiger partial charge is 0.417 e. The lowest BCUT2D eigenvalue weighted by molar-refractivity contribution is -0.138. The third-order valence-corrected chi connectivity index (χ3v) is 7.08. The number of nitrogens with zero attached hydrogens (tertiary/aromatic N) is 4. The Labute approximate surface area is 203 Å². The number of pyridine rings is 1. The molecule has 2 unspecified atom stereocenters. The van der Waals surface area contributed by atoms with Crippen LogP contribution in [0.4, 0.5) is 19.0 Å². The van der Waals surface area contributed by atoms with Crippen molar-refractivity contribution in [3.05, 3.63) is 63.2 Å². The molecule has 0 radical (unpaired) electrons. The van der Waals surface area contributed by atoms with E-state index in [0.29, 0.717) is 43.6 Å². The normalized spacial score (nSPS) is 20.0. The van der Waals surface area contributed by atoms with Crippen LogP contribution in [-0.4, -0.2) is 51.2 Å². The Balaban J connectivity index is 1.23. The van der Waals surface area contributed by atoms with Gasteiger partial charge in [0.1, 0.15) is 5.82 Å². The lowest BCUT2D eigenvalue weighted by Crippen LogP contribution is -2.56. The molecule has 2 fully saturated rings. The molecule has 11 heteroatoms. The van der Waals surface area contributed by atoms with Gasteiger partial charge in [0.25, 0.3) is 5.56 Å². The summed E-state index contributed by atoms with van der Waals surface area (Å²) in [6, 6.07) is 8.09. The molecule has 2 aromatic heterocycles. The van der Waals surface area contributed by atoms with E-state index in [9.17, 15) is 22.8 Å². The van der Waals surface area contributed by atoms with Gasteiger partial charge in [-0.15, -0.1) is 0 Å². The van der Waals surface area contributed by atoms with Gasteiger partial charge in [0.15, 0.2) is 0 Å². The molecule has 1 N–H and O–H groups in total. The van der Waals surface area contributed by atoms with Gasteiger partial charge in [0.05, 0.1) is 21.7 Å². The van der Waals surface area contributed by atoms with E-state index in [1.54, 1.807) is 12.1 Å². The average molecular weight is 506 g/mol. The van der Waals surface area contributed by atoms with Crippen molar-refractivity contribution in [2.75, 3.05) is 18.0 Å². The number of aromatic nitrogens is 3. The molecule has 2 saturated heterocycles. The molecule has 184 valence electrons. The molecule has 0 spiro atoms. The average Bonchev–Trinajstić information content (AvgIpc) is 3.09. The summed E-state index contributed by atoms with van der Waals surface area (Å²) in [6.07, 6.45) is -0.543. The van der Waals surface area contributed by atoms with Crippen LogP contribution in [0.25, 0.3) is 10.8 Å². The highest BCUT2D eigenvalue weighted by molar-refractivity contribution is 6.33. The number of amides is 1. The van der Waals surface area contributed by atoms with Crippen molar-refractivity contribution in [1.82, 2.24) is 20.1 Å². The lowest BCUT2D eigenvalue weighted by atomic mass is 10.1. The van der Waals surface area contributed by atoms with Crippen molar-refractivity contribution in [2.24, 2.45) is 0 Å². The number of anilines is 1. The highest BCUT2D eigenvalue weighted by Crippen LogP contribution is 2.37. The number of fused-ring (bicyclic) bond motifs is 3. The zero-order valence-corrected chi connectivity index (χ0v) is 19.4. The lowest BCUT2D eigenvalue weighted by Gasteiger charge is -2.42. The van der Waals surface area contributed by atoms with Crippen LogP contribution in [0.2, 0.25) is 5.02 Å². The minimum atomic E-state index is -4.50. The summed E-state index contributed by atoms with van der Waals surface area (Å²) in [5.74, 6) is 0.372. The van der Waals surface area contributed by atoms with Gasteiger partial charge in [-0.25, -0.2) is 10.1 Å². The monoisotopic (exact) mass is 505 g/mol. The number of nitrogens with one attached hydrogen (secondary N) is 1. The van der Waals surface area contributed by atoms with E-state index in [1.807, 2.05) is 21.9 Å². The molecule has 2 atom stereocenters. The Morgan fingerprint density at radius 2 is 1.83 bits per heavy atom. The Bertz CT molecular complexity index is 1310. The molecule has 7 nitrogen and oxygen atoms in total. The van der Waals surface area contributed by atoms with Gasteiger partial charge in [-0.2, -0.15) is 18.3 Å². The highest BCUT2D eigenvalue weighted by atomic mass is 35.5. The summed E-state index contributed by atoms with van der Waals surface area (Å²) in [6.45, 7) is 0.957. The summed E-state index contributed by atoms with van der Waals surface area (Å²) >= 11 is 6.15. The van der Waals surface area contributed by atoms with Gasteiger partial charge in [-0.1, -0.05) is 29.8 Å². The van der Waals surface area contributed by atoms with Crippen LogP contribution in [0.1, 0.15) is 36.9 Å². The van der Waals surface area contributed by atoms with Crippen LogP contribution in [0, 0.1) is 0 Å². The van der Waals surface area contributed by atoms with Crippen molar-refractivity contribution in [1.29, 1.82) is 0 Å². The first-order valence-corrected chi connectivity index (χ1v) is 11.9. The summed E-state index contributed by atoms with van der Waals surface area (Å²) in [5, 5.41) is 8.02. The molecule has 5 rings (SSSR count). The molecular weight excluding hydrogens is 483 g/mol. The molecule has 0 saturated carbocycles. The second-order valence-electron chi connectivity index (χ2n) is 9.02. The number of hydrogen-bond donors (Lipinski definition) is 1. The van der Waals surface area contributed by atoms with Crippen molar-refractivity contribution in [2.45, 2.75) is 50.4 Å². The number of rotatable bonds is 5. The third kappa shape index (κ3) is 4.59. The summed E-state index contributed by atoms with van der Waals surface area (Å²) in [5.41, 5.74) is -0.367. The first-order valence-electron chi connectivity index (χ1n) is 11.5. The maximum atomic E-state index is 13.1. The fraction of sp³-hybridized carbons (Fsp3) is 0.417. The minimum Gasteiger partial charge on any atom is -0.351 e. The summed E-state index contributed by atoms with van der Waals surface area (Å²) < 4.78 is 38.8. The summed E-state index contributed by atoms with van der Waals surface area (Å²) in [4.78, 5) is 32.8. The van der Waals surface area contributed by atoms with E-state index < -0.39 is 11.7 Å². The molecule has 3 aromatic rings. The zero-order valence-electron chi connectivity index (χ0n) is 18.7. The van der Waals surface area contributed by atoms with Gasteiger partial charge in [0.2, 0.25) is 5.91 Å². The van der Waals surface area contributed by atoms with E-state index in [0.717, 1.165) is 36.2 Å². The second-order valence-corrected chi connectivity index (χ2v) is 9.42. The molecule has 35 heavy (non-hydrogen) atoms. The maximum absolute atomic E-state index is 13.1. The number of aryl methyl sites for hydroxylation is 1. The van der Waals surface area contributed by atoms with Gasteiger partial charge in [-0.05, 0) is 37.8 Å². The fourth-order valence-corrected chi connectivity index (χ4v) is 5.49. The van der Waals surface area contributed by atoms with Gasteiger partial charge in [-0.3, -0.25) is 9.59 Å². The summed E-state index contributed by atoms with van der Waals surface area (Å²) in [7, 11) is 0. The van der Waals surface area contributed by atoms with Crippen LogP contribution < -0.4 is 10.5 Å². The Morgan fingerprint density at radius 3 is 2.49 bits per heavy atom. The van der Waals surface area contributed by atoms with Crippen molar-refractivity contribution in [3.8, 4) is 0 Å². The van der Waals surface area contributed by atoms with Crippen LogP contribution >= 0.6 is 11.6 Å². The van der Waals surface area contributed by atoms with Crippen LogP contribution in [-0.2, 0) is 17.4 Å². The van der Waals surface area contributed by atoms with Crippen LogP contribution in [0.15, 0.2) is 41.3 Å². The molecule has 1 aromatic carbocycles. The number of piperazine rings is 1. The SMILES string of the molecule is O=C(CCCc1n[nH]c(=O)c2ccccc12)N1C2CCC1CN(c1ncc(C(F)(F)F)cc1Cl)C2. The number of alkyl halides is 3.